The van der Waals surface area contributed by atoms with Crippen LogP contribution in [-0.4, -0.2) is 30.0 Å². The minimum atomic E-state index is -0.199. The number of hydrogen-bond donors (Lipinski definition) is 0. The number of carbonyl (C=O) groups excluding carboxylic acids is 1. The molecule has 0 aromatic heterocycles. The lowest BCUT2D eigenvalue weighted by atomic mass is 9.86. The van der Waals surface area contributed by atoms with Crippen LogP contribution in [0.4, 0.5) is 5.69 Å². The van der Waals surface area contributed by atoms with Crippen molar-refractivity contribution in [3.63, 3.8) is 0 Å². The maximum Gasteiger partial charge on any atom is 0.229 e. The van der Waals surface area contributed by atoms with E-state index in [2.05, 4.69) is 11.0 Å². The second-order valence-electron chi connectivity index (χ2n) is 6.70. The third kappa shape index (κ3) is 3.46. The van der Waals surface area contributed by atoms with Crippen molar-refractivity contribution in [3.8, 4) is 11.8 Å². The normalized spacial score (nSPS) is 19.3. The van der Waals surface area contributed by atoms with Crippen molar-refractivity contribution >= 4 is 23.4 Å². The Balaban J connectivity index is 1.62. The van der Waals surface area contributed by atoms with Gasteiger partial charge in [0.05, 0.1) is 35.8 Å². The van der Waals surface area contributed by atoms with Gasteiger partial charge in [-0.05, 0) is 36.8 Å². The average Bonchev–Trinajstić information content (AvgIpc) is 2.75. The first-order valence-electron chi connectivity index (χ1n) is 9.31. The van der Waals surface area contributed by atoms with E-state index in [1.165, 1.54) is 0 Å². The number of amides is 1. The van der Waals surface area contributed by atoms with Crippen LogP contribution in [0.1, 0.15) is 24.8 Å². The maximum atomic E-state index is 12.9. The van der Waals surface area contributed by atoms with Gasteiger partial charge in [-0.2, -0.15) is 5.26 Å². The second kappa shape index (κ2) is 7.99. The number of thioether (sulfide) groups is 1. The number of allylic oxidation sites excluding steroid dienone is 1. The van der Waals surface area contributed by atoms with Crippen molar-refractivity contribution in [2.24, 2.45) is 0 Å². The van der Waals surface area contributed by atoms with Gasteiger partial charge in [0, 0.05) is 18.0 Å². The minimum Gasteiger partial charge on any atom is -0.494 e. The van der Waals surface area contributed by atoms with Gasteiger partial charge in [0.2, 0.25) is 5.91 Å². The van der Waals surface area contributed by atoms with Crippen LogP contribution in [0.3, 0.4) is 0 Å². The number of hydrogen-bond acceptors (Lipinski definition) is 5. The fraction of sp³-hybridized carbons (Fsp3) is 0.273. The van der Waals surface area contributed by atoms with Crippen molar-refractivity contribution in [3.05, 3.63) is 70.8 Å². The maximum absolute atomic E-state index is 12.9. The molecular weight excluding hydrogens is 370 g/mol. The lowest BCUT2D eigenvalue weighted by molar-refractivity contribution is -0.129. The van der Waals surface area contributed by atoms with Crippen molar-refractivity contribution in [2.45, 2.75) is 19.3 Å². The summed E-state index contributed by atoms with van der Waals surface area (Å²) in [6.07, 6.45) is 0.309. The Kier molecular flexibility index (Phi) is 5.27. The zero-order chi connectivity index (χ0) is 19.5. The average molecular weight is 391 g/mol. The van der Waals surface area contributed by atoms with Crippen LogP contribution in [0, 0.1) is 11.3 Å². The molecule has 1 saturated heterocycles. The molecule has 6 heteroatoms. The van der Waals surface area contributed by atoms with Crippen LogP contribution in [-0.2, 0) is 4.79 Å². The summed E-state index contributed by atoms with van der Waals surface area (Å²) in [7, 11) is 0. The van der Waals surface area contributed by atoms with Crippen LogP contribution in [0.5, 0.6) is 5.75 Å². The Morgan fingerprint density at radius 3 is 2.61 bits per heavy atom. The number of ether oxygens (including phenoxy) is 1. The molecule has 2 aliphatic rings. The van der Waals surface area contributed by atoms with Crippen LogP contribution in [0.25, 0.3) is 0 Å². The predicted octanol–water partition coefficient (Wildman–Crippen LogP) is 4.30. The lowest BCUT2D eigenvalue weighted by Gasteiger charge is -2.42. The fourth-order valence-electron chi connectivity index (χ4n) is 3.61. The minimum absolute atomic E-state index is 0.0565. The van der Waals surface area contributed by atoms with E-state index in [-0.39, 0.29) is 11.8 Å². The van der Waals surface area contributed by atoms with Crippen LogP contribution in [0.2, 0.25) is 0 Å². The molecule has 0 saturated carbocycles. The monoisotopic (exact) mass is 391 g/mol. The molecule has 2 aliphatic heterocycles. The van der Waals surface area contributed by atoms with Gasteiger partial charge >= 0.3 is 0 Å². The summed E-state index contributed by atoms with van der Waals surface area (Å²) in [6, 6.07) is 20.1. The number of anilines is 1. The predicted molar refractivity (Wildman–Crippen MR) is 111 cm³/mol. The molecule has 2 heterocycles. The number of benzene rings is 2. The molecule has 1 atom stereocenters. The van der Waals surface area contributed by atoms with Crippen molar-refractivity contribution in [1.29, 1.82) is 5.26 Å². The highest BCUT2D eigenvalue weighted by Crippen LogP contribution is 2.43. The SMILES string of the molecule is CCOc1ccc(C2CC(=O)N3CN(c4ccccc4)CSC3=C2C#N)cc1. The Bertz CT molecular complexity index is 935. The molecular formula is C22H21N3O2S. The quantitative estimate of drug-likeness (QED) is 0.778. The van der Waals surface area contributed by atoms with Gasteiger partial charge in [-0.25, -0.2) is 0 Å². The van der Waals surface area contributed by atoms with Crippen LogP contribution in [0.15, 0.2) is 65.2 Å². The van der Waals surface area contributed by atoms with Gasteiger partial charge in [-0.3, -0.25) is 9.69 Å². The van der Waals surface area contributed by atoms with Gasteiger partial charge in [-0.1, -0.05) is 42.1 Å². The molecule has 5 nitrogen and oxygen atoms in total. The number of fused-ring (bicyclic) bond motifs is 1. The molecule has 28 heavy (non-hydrogen) atoms. The summed E-state index contributed by atoms with van der Waals surface area (Å²) in [5.41, 5.74) is 2.74. The summed E-state index contributed by atoms with van der Waals surface area (Å²) in [6.45, 7) is 3.03. The lowest BCUT2D eigenvalue weighted by Crippen LogP contribution is -2.47. The van der Waals surface area contributed by atoms with Crippen LogP contribution >= 0.6 is 11.8 Å². The van der Waals surface area contributed by atoms with Gasteiger partial charge in [0.15, 0.2) is 0 Å². The van der Waals surface area contributed by atoms with E-state index in [9.17, 15) is 10.1 Å². The van der Waals surface area contributed by atoms with Gasteiger partial charge in [0.25, 0.3) is 0 Å². The van der Waals surface area contributed by atoms with E-state index in [1.807, 2.05) is 61.5 Å². The van der Waals surface area contributed by atoms with Crippen molar-refractivity contribution < 1.29 is 9.53 Å². The Morgan fingerprint density at radius 1 is 1.18 bits per heavy atom. The van der Waals surface area contributed by atoms with E-state index < -0.39 is 0 Å². The number of nitrogens with zero attached hydrogens (tertiary/aromatic N) is 3. The Hall–Kier alpha value is -2.91. The summed E-state index contributed by atoms with van der Waals surface area (Å²) in [5, 5.41) is 10.7. The molecule has 1 fully saturated rings. The summed E-state index contributed by atoms with van der Waals surface area (Å²) in [4.78, 5) is 16.8. The zero-order valence-corrected chi connectivity index (χ0v) is 16.5. The molecule has 1 amide bonds. The third-order valence-corrected chi connectivity index (χ3v) is 6.16. The smallest absolute Gasteiger partial charge is 0.229 e. The highest BCUT2D eigenvalue weighted by atomic mass is 32.2. The Labute approximate surface area is 169 Å². The van der Waals surface area contributed by atoms with Gasteiger partial charge in [-0.15, -0.1) is 0 Å². The van der Waals surface area contributed by atoms with E-state index in [1.54, 1.807) is 16.7 Å². The topological polar surface area (TPSA) is 56.6 Å². The molecule has 2 aromatic carbocycles. The molecule has 0 bridgehead atoms. The first-order chi connectivity index (χ1) is 13.7. The standard InChI is InChI=1S/C22H21N3O2S/c1-2-27-18-10-8-16(9-11-18)19-12-21(26)25-14-24(17-6-4-3-5-7-17)15-28-22(25)20(19)13-23/h3-11,19H,2,12,14-15H2,1H3. The number of nitriles is 1. The largest absolute Gasteiger partial charge is 0.494 e. The molecule has 0 spiro atoms. The first kappa shape index (κ1) is 18.5. The van der Waals surface area contributed by atoms with Crippen molar-refractivity contribution in [1.82, 2.24) is 4.90 Å². The van der Waals surface area contributed by atoms with E-state index >= 15 is 0 Å². The molecule has 0 radical (unpaired) electrons. The third-order valence-electron chi connectivity index (χ3n) is 5.01. The van der Waals surface area contributed by atoms with Gasteiger partial charge < -0.3 is 9.64 Å². The van der Waals surface area contributed by atoms with E-state index in [4.69, 9.17) is 4.74 Å². The summed E-state index contributed by atoms with van der Waals surface area (Å²) >= 11 is 1.56. The zero-order valence-electron chi connectivity index (χ0n) is 15.7. The second-order valence-corrected chi connectivity index (χ2v) is 7.63. The van der Waals surface area contributed by atoms with E-state index in [0.717, 1.165) is 22.0 Å². The molecule has 2 aromatic rings. The Morgan fingerprint density at radius 2 is 1.93 bits per heavy atom. The summed E-state index contributed by atoms with van der Waals surface area (Å²) < 4.78 is 5.50. The van der Waals surface area contributed by atoms with E-state index in [0.29, 0.717) is 31.1 Å². The number of rotatable bonds is 4. The molecule has 1 unspecified atom stereocenters. The molecule has 4 rings (SSSR count). The fourth-order valence-corrected chi connectivity index (χ4v) is 4.78. The van der Waals surface area contributed by atoms with Gasteiger partial charge in [0.1, 0.15) is 5.75 Å². The highest BCUT2D eigenvalue weighted by molar-refractivity contribution is 8.03. The molecule has 0 N–H and O–H groups in total. The van der Waals surface area contributed by atoms with Crippen molar-refractivity contribution in [2.75, 3.05) is 24.1 Å². The molecule has 142 valence electrons. The first-order valence-corrected chi connectivity index (χ1v) is 10.3. The highest BCUT2D eigenvalue weighted by Gasteiger charge is 2.38. The number of carbonyl (C=O) groups is 1. The summed E-state index contributed by atoms with van der Waals surface area (Å²) in [5.74, 6) is 1.37. The number of para-hydroxylation sites is 1. The van der Waals surface area contributed by atoms with Crippen LogP contribution < -0.4 is 9.64 Å². The molecule has 0 aliphatic carbocycles.